The van der Waals surface area contributed by atoms with Gasteiger partial charge in [0, 0.05) is 32.7 Å². The molecule has 0 spiro atoms. The van der Waals surface area contributed by atoms with E-state index >= 15 is 0 Å². The Morgan fingerprint density at radius 1 is 0.343 bits per heavy atom. The molecular weight excluding hydrogens is 853 g/mol. The van der Waals surface area contributed by atoms with Crippen LogP contribution in [-0.2, 0) is 21.7 Å². The lowest BCUT2D eigenvalue weighted by atomic mass is 9.83. The van der Waals surface area contributed by atoms with E-state index in [0.717, 1.165) is 33.6 Å². The Morgan fingerprint density at radius 2 is 0.657 bits per heavy atom. The molecule has 0 aliphatic rings. The summed E-state index contributed by atoms with van der Waals surface area (Å²) >= 11 is 0. The Hall–Kier alpha value is -6.92. The molecule has 6 heteroatoms. The van der Waals surface area contributed by atoms with E-state index in [9.17, 15) is 0 Å². The third kappa shape index (κ3) is 5.56. The molecule has 7 aromatic carbocycles. The number of nitrogens with zero attached hydrogens (tertiary/aromatic N) is 6. The van der Waals surface area contributed by atoms with Gasteiger partial charge in [-0.1, -0.05) is 132 Å². The van der Waals surface area contributed by atoms with E-state index in [1.807, 2.05) is 0 Å². The molecule has 0 aliphatic carbocycles. The van der Waals surface area contributed by atoms with Gasteiger partial charge >= 0.3 is 0 Å². The van der Waals surface area contributed by atoms with Crippen molar-refractivity contribution in [3.8, 4) is 22.3 Å². The highest BCUT2D eigenvalue weighted by atomic mass is 15.2. The zero-order chi connectivity index (χ0) is 49.2. The lowest BCUT2D eigenvalue weighted by Gasteiger charge is -2.21. The molecular formula is C64H64N6. The second kappa shape index (κ2) is 13.5. The van der Waals surface area contributed by atoms with E-state index in [2.05, 4.69) is 225 Å². The van der Waals surface area contributed by atoms with Crippen molar-refractivity contribution in [3.05, 3.63) is 142 Å². The Morgan fingerprint density at radius 3 is 0.971 bits per heavy atom. The Bertz CT molecular complexity index is 4090. The summed E-state index contributed by atoms with van der Waals surface area (Å²) in [5.41, 5.74) is 26.3. The molecule has 0 saturated carbocycles. The third-order valence-corrected chi connectivity index (χ3v) is 16.2. The van der Waals surface area contributed by atoms with Gasteiger partial charge in [0.2, 0.25) is 11.6 Å². The highest BCUT2D eigenvalue weighted by Crippen LogP contribution is 2.51. The average molecular weight is 917 g/mol. The summed E-state index contributed by atoms with van der Waals surface area (Å²) in [4.78, 5) is 11.8. The molecule has 350 valence electrons. The first kappa shape index (κ1) is 43.1. The van der Waals surface area contributed by atoms with Crippen molar-refractivity contribution in [2.75, 3.05) is 0 Å². The van der Waals surface area contributed by atoms with E-state index < -0.39 is 0 Å². The van der Waals surface area contributed by atoms with Gasteiger partial charge in [-0.3, -0.25) is 17.6 Å². The second-order valence-corrected chi connectivity index (χ2v) is 25.1. The molecule has 0 fully saturated rings. The Labute approximate surface area is 410 Å². The summed E-state index contributed by atoms with van der Waals surface area (Å²) in [6.45, 7) is 37.0. The number of hydrogen-bond acceptors (Lipinski definition) is 2. The number of benzene rings is 7. The maximum absolute atomic E-state index is 5.89. The molecule has 6 aromatic heterocycles. The molecule has 0 aliphatic heterocycles. The normalized spacial score (nSPS) is 13.7. The lowest BCUT2D eigenvalue weighted by molar-refractivity contribution is 0.591. The number of hydrogen-bond donors (Lipinski definition) is 0. The number of aryl methyl sites for hydroxylation is 4. The smallest absolute Gasteiger partial charge is 0.220 e. The summed E-state index contributed by atoms with van der Waals surface area (Å²) in [7, 11) is 0. The summed E-state index contributed by atoms with van der Waals surface area (Å²) < 4.78 is 10.1. The van der Waals surface area contributed by atoms with Gasteiger partial charge < -0.3 is 0 Å². The zero-order valence-corrected chi connectivity index (χ0v) is 43.9. The van der Waals surface area contributed by atoms with Crippen molar-refractivity contribution in [2.24, 2.45) is 0 Å². The molecule has 70 heavy (non-hydrogen) atoms. The predicted molar refractivity (Wildman–Crippen MR) is 298 cm³/mol. The highest BCUT2D eigenvalue weighted by molar-refractivity contribution is 6.37. The number of rotatable bonds is 2. The minimum Gasteiger partial charge on any atom is -0.277 e. The molecule has 13 rings (SSSR count). The molecule has 0 bridgehead atoms. The number of fused-ring (bicyclic) bond motifs is 18. The Balaban J connectivity index is 1.35. The summed E-state index contributed by atoms with van der Waals surface area (Å²) in [5, 5.41) is 4.98. The second-order valence-electron chi connectivity index (χ2n) is 25.1. The van der Waals surface area contributed by atoms with Crippen molar-refractivity contribution >= 4 is 88.3 Å². The number of imidazole rings is 4. The van der Waals surface area contributed by atoms with Crippen LogP contribution < -0.4 is 0 Å². The van der Waals surface area contributed by atoms with Gasteiger partial charge in [0.1, 0.15) is 0 Å². The highest BCUT2D eigenvalue weighted by Gasteiger charge is 2.35. The quantitative estimate of drug-likeness (QED) is 0.173. The van der Waals surface area contributed by atoms with E-state index in [1.165, 1.54) is 121 Å². The molecule has 0 saturated heterocycles. The zero-order valence-electron chi connectivity index (χ0n) is 43.9. The van der Waals surface area contributed by atoms with Crippen LogP contribution in [0, 0.1) is 27.7 Å². The molecule has 0 unspecified atom stereocenters. The molecule has 0 atom stereocenters. The molecule has 6 heterocycles. The van der Waals surface area contributed by atoms with Crippen LogP contribution in [0.3, 0.4) is 0 Å². The van der Waals surface area contributed by atoms with Crippen LogP contribution in [-0.4, -0.2) is 27.6 Å². The van der Waals surface area contributed by atoms with Crippen molar-refractivity contribution in [1.29, 1.82) is 0 Å². The fraction of sp³-hybridized carbons (Fsp3) is 0.312. The van der Waals surface area contributed by atoms with Gasteiger partial charge in [-0.25, -0.2) is 9.97 Å². The van der Waals surface area contributed by atoms with Crippen molar-refractivity contribution in [3.63, 3.8) is 0 Å². The van der Waals surface area contributed by atoms with E-state index in [1.54, 1.807) is 0 Å². The van der Waals surface area contributed by atoms with Crippen molar-refractivity contribution < 1.29 is 0 Å². The summed E-state index contributed by atoms with van der Waals surface area (Å²) in [6.07, 6.45) is 0. The topological polar surface area (TPSA) is 43.4 Å². The van der Waals surface area contributed by atoms with Gasteiger partial charge in [0.05, 0.1) is 55.2 Å². The Kier molecular flexibility index (Phi) is 8.30. The minimum absolute atomic E-state index is 0.0656. The predicted octanol–water partition coefficient (Wildman–Crippen LogP) is 17.0. The van der Waals surface area contributed by atoms with Crippen molar-refractivity contribution in [1.82, 2.24) is 27.6 Å². The molecule has 13 aromatic rings. The fourth-order valence-corrected chi connectivity index (χ4v) is 12.3. The van der Waals surface area contributed by atoms with Gasteiger partial charge in [0.25, 0.3) is 0 Å². The first-order valence-corrected chi connectivity index (χ1v) is 25.4. The molecule has 0 radical (unpaired) electrons. The van der Waals surface area contributed by atoms with E-state index in [0.29, 0.717) is 0 Å². The third-order valence-electron chi connectivity index (χ3n) is 16.2. The maximum Gasteiger partial charge on any atom is 0.220 e. The molecule has 0 amide bonds. The summed E-state index contributed by atoms with van der Waals surface area (Å²) in [6, 6.07) is 37.5. The largest absolute Gasteiger partial charge is 0.277 e. The lowest BCUT2D eigenvalue weighted by Crippen LogP contribution is -2.11. The monoisotopic (exact) mass is 917 g/mol. The molecule has 0 N–H and O–H groups in total. The maximum atomic E-state index is 5.89. The number of aromatic nitrogens is 6. The first-order chi connectivity index (χ1) is 32.9. The van der Waals surface area contributed by atoms with Crippen LogP contribution in [0.1, 0.15) is 128 Å². The SMILES string of the molecule is Cc1cccc(C)c1-c1cc(C(C)(C)C)cc2c1nc1n2c2c3c4cc(C(C)(C)C)ccc4n4c3c(c3c5cc(C(C)(C)C)ccc5n1c32)n1c2cc(C(C)(C)C)cc(-c3c(C)cccc3C)c2nc14. The van der Waals surface area contributed by atoms with E-state index in [4.69, 9.17) is 9.97 Å². The van der Waals surface area contributed by atoms with Crippen LogP contribution in [0.2, 0.25) is 0 Å². The van der Waals surface area contributed by atoms with Gasteiger partial charge in [-0.2, -0.15) is 0 Å². The standard InChI is InChI=1S/C64H64N6/c1-33-19-17-20-34(2)49(33)43-29-39(63(11,12)13)31-47-53(43)65-59-67-45-25-23-37(61(5,6)7)27-41(45)52-55(67)57(69(47)59)51-42-28-38(62(8,9)10)24-26-46(42)68-56(51)58(52)70-48-32-40(64(14,15)16)30-44(54(48)66-60(68)70)50-35(3)21-18-22-36(50)4/h17-32H,1-16H3. The van der Waals surface area contributed by atoms with Crippen LogP contribution in [0.5, 0.6) is 0 Å². The van der Waals surface area contributed by atoms with Crippen LogP contribution in [0.15, 0.2) is 97.1 Å². The van der Waals surface area contributed by atoms with Crippen LogP contribution in [0.4, 0.5) is 0 Å². The van der Waals surface area contributed by atoms with Crippen LogP contribution in [0.25, 0.3) is 111 Å². The average Bonchev–Trinajstić information content (AvgIpc) is 4.10. The van der Waals surface area contributed by atoms with Gasteiger partial charge in [0.15, 0.2) is 0 Å². The minimum atomic E-state index is -0.110. The fourth-order valence-electron chi connectivity index (χ4n) is 12.3. The van der Waals surface area contributed by atoms with Crippen LogP contribution >= 0.6 is 0 Å². The van der Waals surface area contributed by atoms with Gasteiger partial charge in [-0.15, -0.1) is 0 Å². The first-order valence-electron chi connectivity index (χ1n) is 25.4. The molecule has 6 nitrogen and oxygen atoms in total. The van der Waals surface area contributed by atoms with Crippen molar-refractivity contribution in [2.45, 2.75) is 132 Å². The summed E-state index contributed by atoms with van der Waals surface area (Å²) in [5.74, 6) is 1.89. The van der Waals surface area contributed by atoms with E-state index in [-0.39, 0.29) is 21.7 Å². The van der Waals surface area contributed by atoms with Gasteiger partial charge in [-0.05, 0) is 154 Å².